The first-order chi connectivity index (χ1) is 14.8. The molecule has 31 heavy (non-hydrogen) atoms. The summed E-state index contributed by atoms with van der Waals surface area (Å²) in [5.74, 6) is -0.690. The lowest BCUT2D eigenvalue weighted by Crippen LogP contribution is -2.35. The van der Waals surface area contributed by atoms with E-state index >= 15 is 0 Å². The molecule has 160 valence electrons. The van der Waals surface area contributed by atoms with Crippen LogP contribution in [0.4, 0.5) is 10.1 Å². The smallest absolute Gasteiger partial charge is 0.264 e. The molecule has 0 aromatic heterocycles. The van der Waals surface area contributed by atoms with Crippen LogP contribution in [0.1, 0.15) is 27.9 Å². The van der Waals surface area contributed by atoms with Gasteiger partial charge in [0.05, 0.1) is 15.6 Å². The monoisotopic (exact) mass is 477 g/mol. The summed E-state index contributed by atoms with van der Waals surface area (Å²) in [5.41, 5.74) is 2.47. The van der Waals surface area contributed by atoms with E-state index in [1.165, 1.54) is 22.5 Å². The molecule has 0 amide bonds. The minimum atomic E-state index is -3.86. The van der Waals surface area contributed by atoms with Crippen LogP contribution in [0.15, 0.2) is 65.6 Å². The van der Waals surface area contributed by atoms with Gasteiger partial charge in [-0.05, 0) is 72.5 Å². The van der Waals surface area contributed by atoms with E-state index in [4.69, 9.17) is 23.2 Å². The fraction of sp³-hybridized carbons (Fsp3) is 0.174. The first-order valence-electron chi connectivity index (χ1n) is 9.64. The number of Topliss-reactive ketones (excluding diaryl/α,β-unsaturated/α-hetero) is 1. The SMILES string of the molecule is O=C(Cc1ccc2c(c1)N(S(=O)(=O)c1ccc(F)cc1)CCC2)c1ccc(Cl)cc1Cl. The van der Waals surface area contributed by atoms with Crippen molar-refractivity contribution < 1.29 is 17.6 Å². The Morgan fingerprint density at radius 1 is 1.00 bits per heavy atom. The van der Waals surface area contributed by atoms with Crippen LogP contribution in [0.3, 0.4) is 0 Å². The minimum absolute atomic E-state index is 0.0242. The van der Waals surface area contributed by atoms with Gasteiger partial charge in [-0.2, -0.15) is 0 Å². The zero-order valence-corrected chi connectivity index (χ0v) is 18.6. The zero-order valence-electron chi connectivity index (χ0n) is 16.3. The fourth-order valence-electron chi connectivity index (χ4n) is 3.68. The predicted molar refractivity (Wildman–Crippen MR) is 120 cm³/mol. The summed E-state index contributed by atoms with van der Waals surface area (Å²) in [6, 6.07) is 14.9. The van der Waals surface area contributed by atoms with Gasteiger partial charge in [-0.3, -0.25) is 9.10 Å². The number of hydrogen-bond donors (Lipinski definition) is 0. The van der Waals surface area contributed by atoms with Crippen molar-refractivity contribution in [2.24, 2.45) is 0 Å². The molecule has 0 N–H and O–H groups in total. The third-order valence-electron chi connectivity index (χ3n) is 5.22. The van der Waals surface area contributed by atoms with Crippen molar-refractivity contribution in [3.63, 3.8) is 0 Å². The van der Waals surface area contributed by atoms with Gasteiger partial charge in [0.25, 0.3) is 10.0 Å². The number of sulfonamides is 1. The summed E-state index contributed by atoms with van der Waals surface area (Å²) in [5, 5.41) is 0.716. The van der Waals surface area contributed by atoms with Gasteiger partial charge in [0.2, 0.25) is 0 Å². The third-order valence-corrected chi connectivity index (χ3v) is 7.60. The summed E-state index contributed by atoms with van der Waals surface area (Å²) < 4.78 is 41.0. The van der Waals surface area contributed by atoms with Gasteiger partial charge in [-0.15, -0.1) is 0 Å². The van der Waals surface area contributed by atoms with E-state index in [1.807, 2.05) is 12.1 Å². The average molecular weight is 478 g/mol. The number of ketones is 1. The lowest BCUT2D eigenvalue weighted by Gasteiger charge is -2.31. The van der Waals surface area contributed by atoms with Crippen molar-refractivity contribution in [3.8, 4) is 0 Å². The summed E-state index contributed by atoms with van der Waals surface area (Å²) in [7, 11) is -3.86. The number of carbonyl (C=O) groups is 1. The maximum atomic E-state index is 13.3. The van der Waals surface area contributed by atoms with Crippen LogP contribution in [-0.2, 0) is 22.9 Å². The van der Waals surface area contributed by atoms with Gasteiger partial charge in [-0.1, -0.05) is 35.3 Å². The highest BCUT2D eigenvalue weighted by molar-refractivity contribution is 7.92. The van der Waals surface area contributed by atoms with E-state index in [1.54, 1.807) is 18.2 Å². The highest BCUT2D eigenvalue weighted by Gasteiger charge is 2.29. The molecule has 4 nitrogen and oxygen atoms in total. The van der Waals surface area contributed by atoms with Crippen LogP contribution in [0, 0.1) is 5.82 Å². The van der Waals surface area contributed by atoms with Gasteiger partial charge in [-0.25, -0.2) is 12.8 Å². The number of aryl methyl sites for hydroxylation is 1. The summed E-state index contributed by atoms with van der Waals surface area (Å²) in [4.78, 5) is 12.8. The molecule has 0 atom stereocenters. The Kier molecular flexibility index (Phi) is 6.06. The minimum Gasteiger partial charge on any atom is -0.294 e. The predicted octanol–water partition coefficient (Wildman–Crippen LogP) is 5.70. The molecule has 0 radical (unpaired) electrons. The second-order valence-corrected chi connectivity index (χ2v) is 10.0. The molecule has 0 saturated carbocycles. The van der Waals surface area contributed by atoms with E-state index in [2.05, 4.69) is 0 Å². The molecule has 1 heterocycles. The Morgan fingerprint density at radius 3 is 2.45 bits per heavy atom. The van der Waals surface area contributed by atoms with E-state index < -0.39 is 15.8 Å². The standard InChI is InChI=1S/C23H18Cl2FNO3S/c24-17-5-10-20(21(25)14-17)23(28)13-15-3-4-16-2-1-11-27(22(16)12-15)31(29,30)19-8-6-18(26)7-9-19/h3-10,12,14H,1-2,11,13H2. The number of hydrogen-bond acceptors (Lipinski definition) is 3. The van der Waals surface area contributed by atoms with Crippen molar-refractivity contribution in [1.29, 1.82) is 0 Å². The van der Waals surface area contributed by atoms with Gasteiger partial charge >= 0.3 is 0 Å². The third kappa shape index (κ3) is 4.47. The Hall–Kier alpha value is -2.41. The summed E-state index contributed by atoms with van der Waals surface area (Å²) in [6.45, 7) is 0.313. The number of halogens is 3. The second-order valence-electron chi connectivity index (χ2n) is 7.32. The molecule has 1 aliphatic heterocycles. The van der Waals surface area contributed by atoms with Gasteiger partial charge in [0, 0.05) is 23.6 Å². The van der Waals surface area contributed by atoms with Crippen LogP contribution in [0.5, 0.6) is 0 Å². The molecule has 0 unspecified atom stereocenters. The molecule has 3 aromatic rings. The lowest BCUT2D eigenvalue weighted by molar-refractivity contribution is 0.0993. The fourth-order valence-corrected chi connectivity index (χ4v) is 5.72. The Morgan fingerprint density at radius 2 is 1.74 bits per heavy atom. The van der Waals surface area contributed by atoms with Gasteiger partial charge < -0.3 is 0 Å². The molecule has 0 saturated heterocycles. The molecule has 0 fully saturated rings. The molecule has 4 rings (SSSR count). The molecular weight excluding hydrogens is 460 g/mol. The van der Waals surface area contributed by atoms with Crippen molar-refractivity contribution >= 4 is 44.7 Å². The molecular formula is C23H18Cl2FNO3S. The van der Waals surface area contributed by atoms with Crippen molar-refractivity contribution in [1.82, 2.24) is 0 Å². The molecule has 0 bridgehead atoms. The molecule has 8 heteroatoms. The number of carbonyl (C=O) groups excluding carboxylic acids is 1. The van der Waals surface area contributed by atoms with Crippen LogP contribution in [0.25, 0.3) is 0 Å². The quantitative estimate of drug-likeness (QED) is 0.442. The van der Waals surface area contributed by atoms with Crippen LogP contribution in [0.2, 0.25) is 10.0 Å². The van der Waals surface area contributed by atoms with Crippen LogP contribution < -0.4 is 4.31 Å². The maximum absolute atomic E-state index is 13.3. The Labute approximate surface area is 190 Å². The van der Waals surface area contributed by atoms with Crippen LogP contribution in [-0.4, -0.2) is 20.7 Å². The number of nitrogens with zero attached hydrogens (tertiary/aromatic N) is 1. The number of benzene rings is 3. The Bertz CT molecular complexity index is 1260. The normalized spacial score (nSPS) is 13.7. The summed E-state index contributed by atoms with van der Waals surface area (Å²) in [6.07, 6.45) is 1.48. The highest BCUT2D eigenvalue weighted by atomic mass is 35.5. The first kappa shape index (κ1) is 21.8. The average Bonchev–Trinajstić information content (AvgIpc) is 2.73. The highest BCUT2D eigenvalue weighted by Crippen LogP contribution is 2.33. The van der Waals surface area contributed by atoms with Crippen LogP contribution >= 0.6 is 23.2 Å². The first-order valence-corrected chi connectivity index (χ1v) is 11.8. The lowest BCUT2D eigenvalue weighted by atomic mass is 9.97. The van der Waals surface area contributed by atoms with E-state index in [9.17, 15) is 17.6 Å². The molecule has 1 aliphatic rings. The molecule has 0 aliphatic carbocycles. The van der Waals surface area contributed by atoms with E-state index in [0.29, 0.717) is 34.8 Å². The van der Waals surface area contributed by atoms with Crippen molar-refractivity contribution in [2.75, 3.05) is 10.8 Å². The second kappa shape index (κ2) is 8.61. The van der Waals surface area contributed by atoms with E-state index in [0.717, 1.165) is 24.1 Å². The van der Waals surface area contributed by atoms with Crippen molar-refractivity contribution in [2.45, 2.75) is 24.2 Å². The van der Waals surface area contributed by atoms with E-state index in [-0.39, 0.29) is 22.1 Å². The maximum Gasteiger partial charge on any atom is 0.264 e. The number of anilines is 1. The number of fused-ring (bicyclic) bond motifs is 1. The summed E-state index contributed by atoms with van der Waals surface area (Å²) >= 11 is 12.0. The van der Waals surface area contributed by atoms with Crippen molar-refractivity contribution in [3.05, 3.63) is 93.2 Å². The van der Waals surface area contributed by atoms with Gasteiger partial charge in [0.15, 0.2) is 5.78 Å². The topological polar surface area (TPSA) is 54.5 Å². The Balaban J connectivity index is 1.66. The van der Waals surface area contributed by atoms with Gasteiger partial charge in [0.1, 0.15) is 5.82 Å². The zero-order chi connectivity index (χ0) is 22.2. The largest absolute Gasteiger partial charge is 0.294 e. The number of rotatable bonds is 5. The molecule has 3 aromatic carbocycles. The molecule has 0 spiro atoms.